The fourth-order valence-electron chi connectivity index (χ4n) is 3.48. The molecule has 1 aliphatic rings. The number of esters is 1. The van der Waals surface area contributed by atoms with E-state index >= 15 is 0 Å². The molecule has 168 valence electrons. The number of hydrogen-bond donors (Lipinski definition) is 0. The van der Waals surface area contributed by atoms with Gasteiger partial charge in [0.25, 0.3) is 0 Å². The van der Waals surface area contributed by atoms with Crippen molar-refractivity contribution >= 4 is 33.3 Å². The smallest absolute Gasteiger partial charge is 0.309 e. The number of aromatic nitrogens is 1. The van der Waals surface area contributed by atoms with Gasteiger partial charge >= 0.3 is 5.97 Å². The Morgan fingerprint density at radius 3 is 2.58 bits per heavy atom. The standard InChI is InChI=1S/C21H25ClN2O6S/c1-3-29-21(26)15-8-10-24(11-9-15)19(25)13-31(27,28)12-18-14(2)30-20(23-18)16-6-4-5-7-17(16)22/h4-7,15H,3,8-13H2,1-2H3. The van der Waals surface area contributed by atoms with Crippen molar-refractivity contribution in [2.75, 3.05) is 25.4 Å². The van der Waals surface area contributed by atoms with Crippen molar-refractivity contribution in [1.82, 2.24) is 9.88 Å². The van der Waals surface area contributed by atoms with Crippen molar-refractivity contribution in [2.24, 2.45) is 5.92 Å². The van der Waals surface area contributed by atoms with Gasteiger partial charge in [-0.25, -0.2) is 13.4 Å². The molecule has 1 saturated heterocycles. The second-order valence-electron chi connectivity index (χ2n) is 7.44. The van der Waals surface area contributed by atoms with Crippen molar-refractivity contribution < 1.29 is 27.2 Å². The van der Waals surface area contributed by atoms with Gasteiger partial charge in [-0.3, -0.25) is 9.59 Å². The molecular formula is C21H25ClN2O6S. The van der Waals surface area contributed by atoms with Crippen LogP contribution in [0.5, 0.6) is 0 Å². The number of aryl methyl sites for hydroxylation is 1. The summed E-state index contributed by atoms with van der Waals surface area (Å²) in [5.41, 5.74) is 0.820. The maximum Gasteiger partial charge on any atom is 0.309 e. The first-order chi connectivity index (χ1) is 14.7. The SMILES string of the molecule is CCOC(=O)C1CCN(C(=O)CS(=O)(=O)Cc2nc(-c3ccccc3Cl)oc2C)CC1. The lowest BCUT2D eigenvalue weighted by Gasteiger charge is -2.30. The number of likely N-dealkylation sites (tertiary alicyclic amines) is 1. The number of oxazole rings is 1. The van der Waals surface area contributed by atoms with Gasteiger partial charge in [-0.15, -0.1) is 0 Å². The van der Waals surface area contributed by atoms with Gasteiger partial charge in [0.05, 0.1) is 34.6 Å². The molecule has 2 aromatic rings. The topological polar surface area (TPSA) is 107 Å². The highest BCUT2D eigenvalue weighted by Gasteiger charge is 2.30. The van der Waals surface area contributed by atoms with Crippen molar-refractivity contribution in [3.05, 3.63) is 40.7 Å². The van der Waals surface area contributed by atoms with Gasteiger partial charge in [-0.1, -0.05) is 23.7 Å². The molecule has 8 nitrogen and oxygen atoms in total. The molecule has 1 amide bonds. The molecule has 1 aliphatic heterocycles. The molecular weight excluding hydrogens is 444 g/mol. The van der Waals surface area contributed by atoms with Gasteiger partial charge < -0.3 is 14.1 Å². The van der Waals surface area contributed by atoms with Crippen LogP contribution in [0.4, 0.5) is 0 Å². The Morgan fingerprint density at radius 2 is 1.94 bits per heavy atom. The van der Waals surface area contributed by atoms with Crippen molar-refractivity contribution in [3.8, 4) is 11.5 Å². The highest BCUT2D eigenvalue weighted by Crippen LogP contribution is 2.29. The molecule has 1 aromatic carbocycles. The Labute approximate surface area is 186 Å². The number of piperidine rings is 1. The molecule has 10 heteroatoms. The maximum absolute atomic E-state index is 12.6. The summed E-state index contributed by atoms with van der Waals surface area (Å²) in [6, 6.07) is 6.97. The molecule has 0 spiro atoms. The normalized spacial score (nSPS) is 15.1. The molecule has 0 N–H and O–H groups in total. The molecule has 0 unspecified atom stereocenters. The van der Waals surface area contributed by atoms with E-state index < -0.39 is 27.3 Å². The fraction of sp³-hybridized carbons (Fsp3) is 0.476. The highest BCUT2D eigenvalue weighted by atomic mass is 35.5. The summed E-state index contributed by atoms with van der Waals surface area (Å²) in [6.07, 6.45) is 0.933. The summed E-state index contributed by atoms with van der Waals surface area (Å²) in [7, 11) is -3.76. The van der Waals surface area contributed by atoms with E-state index in [1.54, 1.807) is 38.1 Å². The van der Waals surface area contributed by atoms with Crippen LogP contribution in [0.3, 0.4) is 0 Å². The van der Waals surface area contributed by atoms with Crippen LogP contribution < -0.4 is 0 Å². The lowest BCUT2D eigenvalue weighted by atomic mass is 9.97. The number of carbonyl (C=O) groups excluding carboxylic acids is 2. The third-order valence-electron chi connectivity index (χ3n) is 5.16. The largest absolute Gasteiger partial charge is 0.466 e. The summed E-state index contributed by atoms with van der Waals surface area (Å²) in [4.78, 5) is 30.1. The first-order valence-corrected chi connectivity index (χ1v) is 12.3. The monoisotopic (exact) mass is 468 g/mol. The number of nitrogens with zero attached hydrogens (tertiary/aromatic N) is 2. The van der Waals surface area contributed by atoms with Crippen LogP contribution in [0.25, 0.3) is 11.5 Å². The Hall–Kier alpha value is -2.39. The van der Waals surface area contributed by atoms with E-state index in [0.717, 1.165) is 0 Å². The van der Waals surface area contributed by atoms with Gasteiger partial charge in [0.15, 0.2) is 9.84 Å². The lowest BCUT2D eigenvalue weighted by molar-refractivity contribution is -0.151. The maximum atomic E-state index is 12.6. The molecule has 2 heterocycles. The molecule has 0 bridgehead atoms. The Kier molecular flexibility index (Phi) is 7.38. The van der Waals surface area contributed by atoms with Crippen molar-refractivity contribution in [1.29, 1.82) is 0 Å². The average Bonchev–Trinajstić information content (AvgIpc) is 3.07. The third-order valence-corrected chi connectivity index (χ3v) is 6.89. The van der Waals surface area contributed by atoms with Crippen LogP contribution in [0.1, 0.15) is 31.2 Å². The van der Waals surface area contributed by atoms with Gasteiger partial charge in [-0.2, -0.15) is 0 Å². The van der Waals surface area contributed by atoms with Gasteiger partial charge in [0.2, 0.25) is 11.8 Å². The molecule has 0 atom stereocenters. The van der Waals surface area contributed by atoms with Crippen molar-refractivity contribution in [3.63, 3.8) is 0 Å². The lowest BCUT2D eigenvalue weighted by Crippen LogP contribution is -2.43. The predicted molar refractivity (Wildman–Crippen MR) is 115 cm³/mol. The number of carbonyl (C=O) groups is 2. The predicted octanol–water partition coefficient (Wildman–Crippen LogP) is 3.02. The number of amides is 1. The summed E-state index contributed by atoms with van der Waals surface area (Å²) < 4.78 is 35.9. The van der Waals surface area contributed by atoms with Gasteiger partial charge in [0, 0.05) is 13.1 Å². The first-order valence-electron chi connectivity index (χ1n) is 10.1. The van der Waals surface area contributed by atoms with Gasteiger partial charge in [0.1, 0.15) is 11.5 Å². The van der Waals surface area contributed by atoms with Crippen LogP contribution in [-0.4, -0.2) is 55.6 Å². The van der Waals surface area contributed by atoms with Crippen LogP contribution in [0.2, 0.25) is 5.02 Å². The Morgan fingerprint density at radius 1 is 1.26 bits per heavy atom. The van der Waals surface area contributed by atoms with Crippen LogP contribution >= 0.6 is 11.6 Å². The molecule has 31 heavy (non-hydrogen) atoms. The second kappa shape index (κ2) is 9.82. The van der Waals surface area contributed by atoms with Crippen LogP contribution in [-0.2, 0) is 29.9 Å². The number of benzene rings is 1. The number of ether oxygens (including phenoxy) is 1. The molecule has 3 rings (SSSR count). The number of sulfone groups is 1. The number of rotatable bonds is 7. The molecule has 1 aromatic heterocycles. The van der Waals surface area contributed by atoms with E-state index in [4.69, 9.17) is 20.8 Å². The zero-order valence-electron chi connectivity index (χ0n) is 17.5. The zero-order chi connectivity index (χ0) is 22.6. The van der Waals surface area contributed by atoms with E-state index in [-0.39, 0.29) is 23.5 Å². The van der Waals surface area contributed by atoms with Crippen LogP contribution in [0.15, 0.2) is 28.7 Å². The Bertz CT molecular complexity index is 1060. The number of hydrogen-bond acceptors (Lipinski definition) is 7. The molecule has 0 radical (unpaired) electrons. The summed E-state index contributed by atoms with van der Waals surface area (Å²) in [6.45, 7) is 4.35. The minimum absolute atomic E-state index is 0.237. The first kappa shape index (κ1) is 23.3. The summed E-state index contributed by atoms with van der Waals surface area (Å²) >= 11 is 6.16. The molecule has 0 aliphatic carbocycles. The second-order valence-corrected chi connectivity index (χ2v) is 9.91. The molecule has 0 saturated carbocycles. The van der Waals surface area contributed by atoms with E-state index in [1.807, 2.05) is 0 Å². The minimum atomic E-state index is -3.76. The minimum Gasteiger partial charge on any atom is -0.466 e. The van der Waals surface area contributed by atoms with E-state index in [9.17, 15) is 18.0 Å². The van der Waals surface area contributed by atoms with Gasteiger partial charge in [-0.05, 0) is 38.8 Å². The highest BCUT2D eigenvalue weighted by molar-refractivity contribution is 7.91. The summed E-state index contributed by atoms with van der Waals surface area (Å²) in [5.74, 6) is -1.42. The molecule has 1 fully saturated rings. The average molecular weight is 469 g/mol. The van der Waals surface area contributed by atoms with Crippen molar-refractivity contribution in [2.45, 2.75) is 32.4 Å². The zero-order valence-corrected chi connectivity index (χ0v) is 19.0. The number of halogens is 1. The van der Waals surface area contributed by atoms with E-state index in [0.29, 0.717) is 48.9 Å². The fourth-order valence-corrected chi connectivity index (χ4v) is 5.04. The Balaban J connectivity index is 1.61. The third kappa shape index (κ3) is 5.86. The van der Waals surface area contributed by atoms with E-state index in [2.05, 4.69) is 4.98 Å². The van der Waals surface area contributed by atoms with Crippen LogP contribution in [0, 0.1) is 12.8 Å². The van der Waals surface area contributed by atoms with E-state index in [1.165, 1.54) is 4.90 Å². The quantitative estimate of drug-likeness (QED) is 0.575. The summed E-state index contributed by atoms with van der Waals surface area (Å²) in [5, 5.41) is 0.444.